The standard InChI is InChI=1S/C10H11F3N2O2/c1-15(2)9(17)7-5(10(11,12)13)3-4-6(14)8(7)16/h3-4,16H,14H2,1-2H3. The van der Waals surface area contributed by atoms with Crippen molar-refractivity contribution in [1.29, 1.82) is 0 Å². The van der Waals surface area contributed by atoms with Crippen molar-refractivity contribution in [2.24, 2.45) is 0 Å². The summed E-state index contributed by atoms with van der Waals surface area (Å²) in [5.41, 5.74) is 2.97. The normalized spacial score (nSPS) is 11.4. The van der Waals surface area contributed by atoms with Crippen LogP contribution in [0.15, 0.2) is 12.1 Å². The number of nitrogens with zero attached hydrogens (tertiary/aromatic N) is 1. The van der Waals surface area contributed by atoms with Gasteiger partial charge in [-0.25, -0.2) is 0 Å². The number of phenolic OH excluding ortho intramolecular Hbond substituents is 1. The van der Waals surface area contributed by atoms with Crippen molar-refractivity contribution >= 4 is 11.6 Å². The second-order valence-electron chi connectivity index (χ2n) is 3.62. The van der Waals surface area contributed by atoms with Crippen LogP contribution in [0.3, 0.4) is 0 Å². The fourth-order valence-corrected chi connectivity index (χ4v) is 1.28. The largest absolute Gasteiger partial charge is 0.505 e. The van der Waals surface area contributed by atoms with E-state index in [1.807, 2.05) is 0 Å². The maximum absolute atomic E-state index is 12.7. The van der Waals surface area contributed by atoms with Crippen LogP contribution in [0, 0.1) is 0 Å². The molecule has 0 aliphatic carbocycles. The van der Waals surface area contributed by atoms with Gasteiger partial charge in [-0.3, -0.25) is 4.79 Å². The number of anilines is 1. The summed E-state index contributed by atoms with van der Waals surface area (Å²) in [4.78, 5) is 12.5. The zero-order valence-electron chi connectivity index (χ0n) is 9.17. The Morgan fingerprint density at radius 3 is 2.29 bits per heavy atom. The van der Waals surface area contributed by atoms with Crippen LogP contribution in [0.2, 0.25) is 0 Å². The summed E-state index contributed by atoms with van der Waals surface area (Å²) in [7, 11) is 2.57. The monoisotopic (exact) mass is 248 g/mol. The predicted octanol–water partition coefficient (Wildman–Crippen LogP) is 1.70. The number of nitrogen functional groups attached to an aromatic ring is 1. The molecule has 1 aromatic carbocycles. The van der Waals surface area contributed by atoms with Crippen molar-refractivity contribution in [1.82, 2.24) is 4.90 Å². The highest BCUT2D eigenvalue weighted by molar-refractivity contribution is 5.99. The number of aromatic hydroxyl groups is 1. The van der Waals surface area contributed by atoms with Crippen molar-refractivity contribution in [2.75, 3.05) is 19.8 Å². The fourth-order valence-electron chi connectivity index (χ4n) is 1.28. The highest BCUT2D eigenvalue weighted by Crippen LogP contribution is 2.38. The first-order valence-corrected chi connectivity index (χ1v) is 4.56. The Bertz CT molecular complexity index is 456. The highest BCUT2D eigenvalue weighted by atomic mass is 19.4. The maximum atomic E-state index is 12.7. The van der Waals surface area contributed by atoms with Crippen molar-refractivity contribution < 1.29 is 23.1 Å². The molecule has 0 aromatic heterocycles. The van der Waals surface area contributed by atoms with Crippen molar-refractivity contribution in [3.8, 4) is 5.75 Å². The van der Waals surface area contributed by atoms with Gasteiger partial charge in [-0.05, 0) is 12.1 Å². The molecule has 7 heteroatoms. The molecular weight excluding hydrogens is 237 g/mol. The average molecular weight is 248 g/mol. The molecular formula is C10H11F3N2O2. The van der Waals surface area contributed by atoms with Gasteiger partial charge >= 0.3 is 6.18 Å². The van der Waals surface area contributed by atoms with Gasteiger partial charge in [0.15, 0.2) is 5.75 Å². The molecule has 0 aliphatic rings. The van der Waals surface area contributed by atoms with Gasteiger partial charge in [0.05, 0.1) is 16.8 Å². The van der Waals surface area contributed by atoms with Crippen LogP contribution in [0.4, 0.5) is 18.9 Å². The van der Waals surface area contributed by atoms with E-state index in [-0.39, 0.29) is 5.69 Å². The Morgan fingerprint density at radius 2 is 1.88 bits per heavy atom. The zero-order chi connectivity index (χ0) is 13.4. The highest BCUT2D eigenvalue weighted by Gasteiger charge is 2.37. The summed E-state index contributed by atoms with van der Waals surface area (Å²) in [6, 6.07) is 1.58. The molecule has 0 heterocycles. The summed E-state index contributed by atoms with van der Waals surface area (Å²) in [5, 5.41) is 9.49. The second kappa shape index (κ2) is 4.15. The van der Waals surface area contributed by atoms with Gasteiger partial charge in [0.25, 0.3) is 5.91 Å². The van der Waals surface area contributed by atoms with Gasteiger partial charge in [-0.15, -0.1) is 0 Å². The molecule has 4 nitrogen and oxygen atoms in total. The minimum atomic E-state index is -4.73. The van der Waals surface area contributed by atoms with Crippen molar-refractivity contribution in [3.63, 3.8) is 0 Å². The molecule has 0 saturated heterocycles. The first-order chi connectivity index (χ1) is 7.66. The number of carbonyl (C=O) groups excluding carboxylic acids is 1. The number of halogens is 3. The van der Waals surface area contributed by atoms with E-state index in [4.69, 9.17) is 5.73 Å². The first-order valence-electron chi connectivity index (χ1n) is 4.56. The van der Waals surface area contributed by atoms with Gasteiger partial charge < -0.3 is 15.7 Å². The number of carbonyl (C=O) groups is 1. The molecule has 1 rings (SSSR count). The SMILES string of the molecule is CN(C)C(=O)c1c(C(F)(F)F)ccc(N)c1O. The molecule has 94 valence electrons. The number of amides is 1. The minimum absolute atomic E-state index is 0.275. The quantitative estimate of drug-likeness (QED) is 0.587. The molecule has 3 N–H and O–H groups in total. The molecule has 0 unspecified atom stereocenters. The molecule has 0 bridgehead atoms. The Balaban J connectivity index is 3.53. The van der Waals surface area contributed by atoms with E-state index >= 15 is 0 Å². The zero-order valence-corrected chi connectivity index (χ0v) is 9.17. The van der Waals surface area contributed by atoms with E-state index in [9.17, 15) is 23.1 Å². The van der Waals surface area contributed by atoms with E-state index in [1.54, 1.807) is 0 Å². The van der Waals surface area contributed by atoms with Crippen LogP contribution in [0.25, 0.3) is 0 Å². The first kappa shape index (κ1) is 13.1. The Kier molecular flexibility index (Phi) is 3.21. The lowest BCUT2D eigenvalue weighted by atomic mass is 10.0. The summed E-state index contributed by atoms with van der Waals surface area (Å²) in [6.45, 7) is 0. The number of rotatable bonds is 1. The van der Waals surface area contributed by atoms with E-state index in [2.05, 4.69) is 0 Å². The van der Waals surface area contributed by atoms with Crippen LogP contribution in [-0.4, -0.2) is 30.0 Å². The average Bonchev–Trinajstić information content (AvgIpc) is 2.19. The van der Waals surface area contributed by atoms with Crippen LogP contribution in [0.5, 0.6) is 5.75 Å². The number of alkyl halides is 3. The number of hydrogen-bond acceptors (Lipinski definition) is 3. The van der Waals surface area contributed by atoms with E-state index in [1.165, 1.54) is 14.1 Å². The topological polar surface area (TPSA) is 66.6 Å². The lowest BCUT2D eigenvalue weighted by Gasteiger charge is -2.17. The Morgan fingerprint density at radius 1 is 1.35 bits per heavy atom. The molecule has 0 fully saturated rings. The number of hydrogen-bond donors (Lipinski definition) is 2. The van der Waals surface area contributed by atoms with Crippen LogP contribution in [-0.2, 0) is 6.18 Å². The third-order valence-corrected chi connectivity index (χ3v) is 2.13. The number of phenols is 1. The van der Waals surface area contributed by atoms with Crippen LogP contribution < -0.4 is 5.73 Å². The molecule has 0 atom stereocenters. The maximum Gasteiger partial charge on any atom is 0.417 e. The second-order valence-corrected chi connectivity index (χ2v) is 3.62. The third-order valence-electron chi connectivity index (χ3n) is 2.13. The predicted molar refractivity (Wildman–Crippen MR) is 55.5 cm³/mol. The van der Waals surface area contributed by atoms with E-state index in [0.717, 1.165) is 11.0 Å². The Labute approximate surface area is 95.4 Å². The molecule has 0 saturated carbocycles. The Hall–Kier alpha value is -1.92. The van der Waals surface area contributed by atoms with Crippen molar-refractivity contribution in [2.45, 2.75) is 6.18 Å². The van der Waals surface area contributed by atoms with Gasteiger partial charge in [-0.2, -0.15) is 13.2 Å². The van der Waals surface area contributed by atoms with Gasteiger partial charge in [0.1, 0.15) is 0 Å². The van der Waals surface area contributed by atoms with E-state index in [0.29, 0.717) is 6.07 Å². The van der Waals surface area contributed by atoms with E-state index < -0.39 is 29.0 Å². The smallest absolute Gasteiger partial charge is 0.417 e. The molecule has 1 amide bonds. The van der Waals surface area contributed by atoms with Crippen molar-refractivity contribution in [3.05, 3.63) is 23.3 Å². The van der Waals surface area contributed by atoms with Gasteiger partial charge in [-0.1, -0.05) is 0 Å². The summed E-state index contributed by atoms with van der Waals surface area (Å²) >= 11 is 0. The van der Waals surface area contributed by atoms with Crippen LogP contribution in [0.1, 0.15) is 15.9 Å². The van der Waals surface area contributed by atoms with Gasteiger partial charge in [0.2, 0.25) is 0 Å². The molecule has 17 heavy (non-hydrogen) atoms. The number of nitrogens with two attached hydrogens (primary N) is 1. The van der Waals surface area contributed by atoms with Crippen LogP contribution >= 0.6 is 0 Å². The minimum Gasteiger partial charge on any atom is -0.505 e. The fraction of sp³-hybridized carbons (Fsp3) is 0.300. The van der Waals surface area contributed by atoms with Gasteiger partial charge in [0, 0.05) is 14.1 Å². The summed E-state index contributed by atoms with van der Waals surface area (Å²) < 4.78 is 38.0. The molecule has 0 aliphatic heterocycles. The number of benzene rings is 1. The summed E-state index contributed by atoms with van der Waals surface area (Å²) in [6.07, 6.45) is -4.73. The third kappa shape index (κ3) is 2.43. The molecule has 0 spiro atoms. The molecule has 1 aromatic rings. The summed E-state index contributed by atoms with van der Waals surface area (Å²) in [5.74, 6) is -1.80. The lowest BCUT2D eigenvalue weighted by molar-refractivity contribution is -0.138. The lowest BCUT2D eigenvalue weighted by Crippen LogP contribution is -2.25. The molecule has 0 radical (unpaired) electrons.